The number of hydrogen-bond donors (Lipinski definition) is 1. The van der Waals surface area contributed by atoms with Gasteiger partial charge in [-0.2, -0.15) is 0 Å². The number of rotatable bonds is 5. The second-order valence-corrected chi connectivity index (χ2v) is 8.42. The van der Waals surface area contributed by atoms with Crippen LogP contribution in [0.4, 0.5) is 0 Å². The van der Waals surface area contributed by atoms with E-state index in [4.69, 9.17) is 9.47 Å². The number of allylic oxidation sites excluding steroid dienone is 1. The molecule has 29 heavy (non-hydrogen) atoms. The van der Waals surface area contributed by atoms with Crippen LogP contribution in [0.25, 0.3) is 0 Å². The first-order valence-corrected chi connectivity index (χ1v) is 10.1. The van der Waals surface area contributed by atoms with E-state index in [9.17, 15) is 14.7 Å². The SMILES string of the molecule is CCOC(=O)C1=C(C)N=C2CC(C)(C)CC(=O)C2[C@@H]1c1ccc(O)c(OCC)c1. The Kier molecular flexibility index (Phi) is 5.82. The normalized spacial score (nSPS) is 23.3. The van der Waals surface area contributed by atoms with Gasteiger partial charge in [0, 0.05) is 23.7 Å². The number of nitrogens with zero attached hydrogens (tertiary/aromatic N) is 1. The minimum Gasteiger partial charge on any atom is -0.504 e. The summed E-state index contributed by atoms with van der Waals surface area (Å²) in [6.07, 6.45) is 1.13. The fourth-order valence-electron chi connectivity index (χ4n) is 4.42. The summed E-state index contributed by atoms with van der Waals surface area (Å²) in [6.45, 7) is 10.1. The lowest BCUT2D eigenvalue weighted by atomic mass is 9.63. The molecule has 0 spiro atoms. The molecule has 1 aliphatic carbocycles. The van der Waals surface area contributed by atoms with Crippen LogP contribution in [-0.4, -0.2) is 35.8 Å². The fraction of sp³-hybridized carbons (Fsp3) is 0.522. The van der Waals surface area contributed by atoms with Crippen LogP contribution in [0, 0.1) is 11.3 Å². The summed E-state index contributed by atoms with van der Waals surface area (Å²) in [6, 6.07) is 5.00. The van der Waals surface area contributed by atoms with Gasteiger partial charge < -0.3 is 14.6 Å². The van der Waals surface area contributed by atoms with Crippen molar-refractivity contribution in [1.82, 2.24) is 0 Å². The Hall–Kier alpha value is -2.63. The molecule has 1 aromatic rings. The zero-order valence-corrected chi connectivity index (χ0v) is 17.7. The van der Waals surface area contributed by atoms with Crippen LogP contribution in [0.2, 0.25) is 0 Å². The molecule has 1 heterocycles. The standard InChI is InChI=1S/C23H29NO5/c1-6-28-18-10-14(8-9-16(18)25)20-19(22(27)29-7-2)13(3)24-15-11-23(4,5)12-17(26)21(15)20/h8-10,20-21,25H,6-7,11-12H2,1-5H3/t20-,21?/m1/s1. The van der Waals surface area contributed by atoms with Crippen molar-refractivity contribution in [2.24, 2.45) is 16.3 Å². The number of esters is 1. The lowest BCUT2D eigenvalue weighted by molar-refractivity contribution is -0.139. The predicted molar refractivity (Wildman–Crippen MR) is 110 cm³/mol. The molecule has 6 nitrogen and oxygen atoms in total. The van der Waals surface area contributed by atoms with Gasteiger partial charge in [0.2, 0.25) is 0 Å². The summed E-state index contributed by atoms with van der Waals surface area (Å²) < 4.78 is 10.8. The van der Waals surface area contributed by atoms with Gasteiger partial charge in [-0.1, -0.05) is 19.9 Å². The number of Topliss-reactive ketones (excluding diaryl/α,β-unsaturated/α-hetero) is 1. The number of ketones is 1. The quantitative estimate of drug-likeness (QED) is 0.751. The Morgan fingerprint density at radius 1 is 1.21 bits per heavy atom. The zero-order chi connectivity index (χ0) is 21.3. The third kappa shape index (κ3) is 4.07. The van der Waals surface area contributed by atoms with Crippen molar-refractivity contribution in [3.05, 3.63) is 35.0 Å². The number of carbonyl (C=O) groups is 2. The molecule has 1 aliphatic heterocycles. The highest BCUT2D eigenvalue weighted by Crippen LogP contribution is 2.48. The first-order chi connectivity index (χ1) is 13.7. The monoisotopic (exact) mass is 399 g/mol. The lowest BCUT2D eigenvalue weighted by Gasteiger charge is -2.41. The highest BCUT2D eigenvalue weighted by molar-refractivity contribution is 6.12. The third-order valence-corrected chi connectivity index (χ3v) is 5.50. The van der Waals surface area contributed by atoms with Crippen molar-refractivity contribution < 1.29 is 24.2 Å². The minimum atomic E-state index is -0.509. The number of ether oxygens (including phenoxy) is 2. The molecule has 0 amide bonds. The molecule has 0 saturated heterocycles. The molecule has 6 heteroatoms. The van der Waals surface area contributed by atoms with Gasteiger partial charge in [-0.05, 0) is 50.3 Å². The van der Waals surface area contributed by atoms with E-state index in [1.165, 1.54) is 0 Å². The Morgan fingerprint density at radius 2 is 1.93 bits per heavy atom. The van der Waals surface area contributed by atoms with Gasteiger partial charge >= 0.3 is 5.97 Å². The number of aliphatic imine (C=N–C) groups is 1. The summed E-state index contributed by atoms with van der Waals surface area (Å²) >= 11 is 0. The highest BCUT2D eigenvalue weighted by atomic mass is 16.5. The van der Waals surface area contributed by atoms with Crippen LogP contribution in [0.5, 0.6) is 11.5 Å². The van der Waals surface area contributed by atoms with Crippen LogP contribution in [0.3, 0.4) is 0 Å². The average molecular weight is 399 g/mol. The van der Waals surface area contributed by atoms with Crippen molar-refractivity contribution in [3.8, 4) is 11.5 Å². The van der Waals surface area contributed by atoms with Gasteiger partial charge in [0.15, 0.2) is 11.5 Å². The Bertz CT molecular complexity index is 897. The molecule has 2 aliphatic rings. The van der Waals surface area contributed by atoms with Crippen molar-refractivity contribution in [2.45, 2.75) is 53.4 Å². The Morgan fingerprint density at radius 3 is 2.59 bits per heavy atom. The van der Waals surface area contributed by atoms with E-state index >= 15 is 0 Å². The molecule has 1 unspecified atom stereocenters. The number of aromatic hydroxyl groups is 1. The van der Waals surface area contributed by atoms with Crippen LogP contribution in [0.1, 0.15) is 58.9 Å². The van der Waals surface area contributed by atoms with Crippen LogP contribution in [-0.2, 0) is 14.3 Å². The Labute approximate surface area is 171 Å². The van der Waals surface area contributed by atoms with Crippen molar-refractivity contribution in [3.63, 3.8) is 0 Å². The molecule has 1 aromatic carbocycles. The molecular formula is C23H29NO5. The number of fused-ring (bicyclic) bond motifs is 1. The van der Waals surface area contributed by atoms with Gasteiger partial charge in [0.1, 0.15) is 5.78 Å². The van der Waals surface area contributed by atoms with E-state index < -0.39 is 17.8 Å². The molecule has 156 valence electrons. The van der Waals surface area contributed by atoms with Crippen molar-refractivity contribution >= 4 is 17.5 Å². The zero-order valence-electron chi connectivity index (χ0n) is 17.7. The second kappa shape index (κ2) is 8.01. The number of carbonyl (C=O) groups excluding carboxylic acids is 2. The first-order valence-electron chi connectivity index (χ1n) is 10.1. The summed E-state index contributed by atoms with van der Waals surface area (Å²) in [5.41, 5.74) is 2.37. The van der Waals surface area contributed by atoms with Gasteiger partial charge in [-0.3, -0.25) is 9.79 Å². The molecule has 0 bridgehead atoms. The second-order valence-electron chi connectivity index (χ2n) is 8.42. The highest BCUT2D eigenvalue weighted by Gasteiger charge is 2.47. The molecule has 1 saturated carbocycles. The van der Waals surface area contributed by atoms with Crippen LogP contribution >= 0.6 is 0 Å². The molecule has 3 rings (SSSR count). The predicted octanol–water partition coefficient (Wildman–Crippen LogP) is 4.17. The Balaban J connectivity index is 2.17. The van der Waals surface area contributed by atoms with Crippen LogP contribution < -0.4 is 4.74 Å². The van der Waals surface area contributed by atoms with Crippen molar-refractivity contribution in [1.29, 1.82) is 0 Å². The van der Waals surface area contributed by atoms with Gasteiger partial charge in [-0.15, -0.1) is 0 Å². The maximum Gasteiger partial charge on any atom is 0.336 e. The maximum absolute atomic E-state index is 13.2. The van der Waals surface area contributed by atoms with E-state index in [0.29, 0.717) is 36.5 Å². The average Bonchev–Trinajstić information content (AvgIpc) is 2.61. The molecule has 2 atom stereocenters. The van der Waals surface area contributed by atoms with Gasteiger partial charge in [-0.25, -0.2) is 4.79 Å². The molecule has 1 N–H and O–H groups in total. The maximum atomic E-state index is 13.2. The minimum absolute atomic E-state index is 0.0230. The smallest absolute Gasteiger partial charge is 0.336 e. The summed E-state index contributed by atoms with van der Waals surface area (Å²) in [4.78, 5) is 30.7. The summed E-state index contributed by atoms with van der Waals surface area (Å²) in [5.74, 6) is -1.05. The largest absolute Gasteiger partial charge is 0.504 e. The molecule has 0 radical (unpaired) electrons. The molecule has 0 aromatic heterocycles. The topological polar surface area (TPSA) is 85.2 Å². The number of phenols is 1. The number of hydrogen-bond acceptors (Lipinski definition) is 6. The van der Waals surface area contributed by atoms with E-state index in [1.54, 1.807) is 32.0 Å². The number of phenolic OH excluding ortho intramolecular Hbond substituents is 1. The fourth-order valence-corrected chi connectivity index (χ4v) is 4.42. The van der Waals surface area contributed by atoms with Gasteiger partial charge in [0.25, 0.3) is 0 Å². The third-order valence-electron chi connectivity index (χ3n) is 5.50. The number of benzene rings is 1. The van der Waals surface area contributed by atoms with E-state index in [1.807, 2.05) is 6.92 Å². The lowest BCUT2D eigenvalue weighted by Crippen LogP contribution is -2.44. The van der Waals surface area contributed by atoms with Gasteiger partial charge in [0.05, 0.1) is 24.7 Å². The van der Waals surface area contributed by atoms with Crippen LogP contribution in [0.15, 0.2) is 34.5 Å². The molecular weight excluding hydrogens is 370 g/mol. The van der Waals surface area contributed by atoms with Crippen molar-refractivity contribution in [2.75, 3.05) is 13.2 Å². The molecule has 1 fully saturated rings. The van der Waals surface area contributed by atoms with E-state index in [-0.39, 0.29) is 23.6 Å². The van der Waals surface area contributed by atoms with E-state index in [2.05, 4.69) is 18.8 Å². The summed E-state index contributed by atoms with van der Waals surface area (Å²) in [5, 5.41) is 10.1. The van der Waals surface area contributed by atoms with E-state index in [0.717, 1.165) is 11.3 Å². The summed E-state index contributed by atoms with van der Waals surface area (Å²) in [7, 11) is 0. The first kappa shape index (κ1) is 21.1.